The first-order chi connectivity index (χ1) is 9.04. The Kier molecular flexibility index (Phi) is 4.99. The molecule has 0 bridgehead atoms. The lowest BCUT2D eigenvalue weighted by molar-refractivity contribution is 0.222. The smallest absolute Gasteiger partial charge is 0.151 e. The quantitative estimate of drug-likeness (QED) is 0.858. The predicted octanol–water partition coefficient (Wildman–Crippen LogP) is 2.65. The average molecular weight is 265 g/mol. The van der Waals surface area contributed by atoms with Gasteiger partial charge in [-0.05, 0) is 31.7 Å². The highest BCUT2D eigenvalue weighted by atomic mass is 16.5. The van der Waals surface area contributed by atoms with Gasteiger partial charge in [-0.1, -0.05) is 25.9 Å². The lowest BCUT2D eigenvalue weighted by Crippen LogP contribution is -2.26. The van der Waals surface area contributed by atoms with Gasteiger partial charge >= 0.3 is 0 Å². The van der Waals surface area contributed by atoms with E-state index in [0.717, 1.165) is 37.0 Å². The number of rotatable bonds is 6. The van der Waals surface area contributed by atoms with Crippen LogP contribution in [-0.4, -0.2) is 29.2 Å². The molecule has 1 aliphatic heterocycles. The fourth-order valence-corrected chi connectivity index (χ4v) is 2.81. The van der Waals surface area contributed by atoms with Gasteiger partial charge in [0.25, 0.3) is 0 Å². The minimum atomic E-state index is 0.655. The van der Waals surface area contributed by atoms with Crippen molar-refractivity contribution in [2.24, 2.45) is 11.8 Å². The second-order valence-corrected chi connectivity index (χ2v) is 6.43. The summed E-state index contributed by atoms with van der Waals surface area (Å²) in [5.41, 5.74) is 1.01. The fourth-order valence-electron chi connectivity index (χ4n) is 2.81. The monoisotopic (exact) mass is 265 g/mol. The molecule has 1 aliphatic rings. The Hall–Kier alpha value is -0.870. The molecule has 0 amide bonds. The molecule has 0 spiro atoms. The van der Waals surface area contributed by atoms with Crippen LogP contribution in [0.1, 0.15) is 45.6 Å². The molecule has 1 fully saturated rings. The third kappa shape index (κ3) is 4.32. The van der Waals surface area contributed by atoms with Gasteiger partial charge in [-0.25, -0.2) is 0 Å². The van der Waals surface area contributed by atoms with Crippen LogP contribution >= 0.6 is 0 Å². The summed E-state index contributed by atoms with van der Waals surface area (Å²) in [6.45, 7) is 12.9. The van der Waals surface area contributed by atoms with Gasteiger partial charge in [0.05, 0.1) is 12.2 Å². The second kappa shape index (κ2) is 6.53. The van der Waals surface area contributed by atoms with Crippen LogP contribution in [0, 0.1) is 11.8 Å². The first-order valence-corrected chi connectivity index (χ1v) is 7.43. The van der Waals surface area contributed by atoms with Gasteiger partial charge in [-0.3, -0.25) is 4.90 Å². The van der Waals surface area contributed by atoms with Gasteiger partial charge < -0.3 is 9.84 Å². The molecule has 0 aromatic carbocycles. The maximum atomic E-state index is 5.44. The molecule has 0 saturated carbocycles. The minimum Gasteiger partial charge on any atom is -0.360 e. The van der Waals surface area contributed by atoms with E-state index in [0.29, 0.717) is 12.0 Å². The molecule has 2 rings (SSSR count). The largest absolute Gasteiger partial charge is 0.360 e. The van der Waals surface area contributed by atoms with E-state index in [1.807, 2.05) is 0 Å². The van der Waals surface area contributed by atoms with Crippen molar-refractivity contribution in [1.29, 1.82) is 0 Å². The van der Waals surface area contributed by atoms with Crippen LogP contribution in [0.4, 0.5) is 0 Å². The maximum absolute atomic E-state index is 5.44. The molecule has 4 heteroatoms. The highest BCUT2D eigenvalue weighted by Crippen LogP contribution is 2.24. The van der Waals surface area contributed by atoms with E-state index in [4.69, 9.17) is 4.52 Å². The molecule has 108 valence electrons. The number of nitrogens with one attached hydrogen (secondary N) is 1. The number of nitrogens with zero attached hydrogens (tertiary/aromatic N) is 2. The summed E-state index contributed by atoms with van der Waals surface area (Å²) in [4.78, 5) is 2.48. The van der Waals surface area contributed by atoms with Gasteiger partial charge in [-0.15, -0.1) is 0 Å². The van der Waals surface area contributed by atoms with Gasteiger partial charge in [0.2, 0.25) is 0 Å². The maximum Gasteiger partial charge on any atom is 0.151 e. The molecule has 19 heavy (non-hydrogen) atoms. The molecule has 1 aromatic rings. The summed E-state index contributed by atoms with van der Waals surface area (Å²) in [5.74, 6) is 2.45. The van der Waals surface area contributed by atoms with Gasteiger partial charge in [0.1, 0.15) is 0 Å². The topological polar surface area (TPSA) is 41.3 Å². The summed E-state index contributed by atoms with van der Waals surface area (Å²) in [6.07, 6.45) is 1.29. The van der Waals surface area contributed by atoms with E-state index >= 15 is 0 Å². The minimum absolute atomic E-state index is 0.655. The second-order valence-electron chi connectivity index (χ2n) is 6.43. The van der Waals surface area contributed by atoms with E-state index < -0.39 is 0 Å². The first-order valence-electron chi connectivity index (χ1n) is 7.43. The van der Waals surface area contributed by atoms with Crippen LogP contribution in [0.5, 0.6) is 0 Å². The molecule has 2 atom stereocenters. The molecule has 0 aliphatic carbocycles. The Bertz CT molecular complexity index is 388. The third-order valence-electron chi connectivity index (χ3n) is 3.74. The zero-order valence-electron chi connectivity index (χ0n) is 12.6. The molecule has 2 unspecified atom stereocenters. The summed E-state index contributed by atoms with van der Waals surface area (Å²) < 4.78 is 5.44. The normalized spacial score (nSPS) is 24.5. The molecule has 2 heterocycles. The van der Waals surface area contributed by atoms with E-state index in [1.165, 1.54) is 13.0 Å². The van der Waals surface area contributed by atoms with E-state index in [9.17, 15) is 0 Å². The van der Waals surface area contributed by atoms with E-state index in [-0.39, 0.29) is 0 Å². The number of likely N-dealkylation sites (tertiary alicyclic amines) is 1. The summed E-state index contributed by atoms with van der Waals surface area (Å²) in [6, 6.07) is 2.74. The molecular formula is C15H27N3O. The third-order valence-corrected chi connectivity index (χ3v) is 3.74. The summed E-state index contributed by atoms with van der Waals surface area (Å²) in [5, 5.41) is 7.52. The van der Waals surface area contributed by atoms with Crippen molar-refractivity contribution in [3.63, 3.8) is 0 Å². The standard InChI is InChI=1S/C15H27N3O/c1-11(2)7-16-8-14-6-15(19-17-14)10-18-9-12(3)5-13(18)4/h6,11-13,16H,5,7-10H2,1-4H3. The molecule has 0 radical (unpaired) electrons. The van der Waals surface area contributed by atoms with Crippen molar-refractivity contribution in [2.45, 2.75) is 53.2 Å². The van der Waals surface area contributed by atoms with Crippen LogP contribution in [0.2, 0.25) is 0 Å². The lowest BCUT2D eigenvalue weighted by atomic mass is 10.1. The van der Waals surface area contributed by atoms with Crippen LogP contribution in [-0.2, 0) is 13.1 Å². The SMILES string of the molecule is CC(C)CNCc1cc(CN2CC(C)CC2C)on1. The van der Waals surface area contributed by atoms with Crippen LogP contribution in [0.3, 0.4) is 0 Å². The van der Waals surface area contributed by atoms with Crippen molar-refractivity contribution in [1.82, 2.24) is 15.4 Å². The molecule has 1 saturated heterocycles. The van der Waals surface area contributed by atoms with Gasteiger partial charge in [0, 0.05) is 25.2 Å². The van der Waals surface area contributed by atoms with E-state index in [1.54, 1.807) is 0 Å². The van der Waals surface area contributed by atoms with Crippen molar-refractivity contribution in [3.05, 3.63) is 17.5 Å². The van der Waals surface area contributed by atoms with Crippen LogP contribution in [0.25, 0.3) is 0 Å². The highest BCUT2D eigenvalue weighted by molar-refractivity contribution is 5.05. The predicted molar refractivity (Wildman–Crippen MR) is 76.7 cm³/mol. The average Bonchev–Trinajstić information content (AvgIpc) is 2.87. The van der Waals surface area contributed by atoms with E-state index in [2.05, 4.69) is 49.1 Å². The van der Waals surface area contributed by atoms with Gasteiger partial charge in [-0.2, -0.15) is 0 Å². The Labute approximate surface area is 116 Å². The zero-order chi connectivity index (χ0) is 13.8. The molecular weight excluding hydrogens is 238 g/mol. The molecule has 1 N–H and O–H groups in total. The first kappa shape index (κ1) is 14.5. The Morgan fingerprint density at radius 2 is 2.26 bits per heavy atom. The Balaban J connectivity index is 1.80. The molecule has 1 aromatic heterocycles. The van der Waals surface area contributed by atoms with Crippen molar-refractivity contribution in [2.75, 3.05) is 13.1 Å². The summed E-state index contributed by atoms with van der Waals surface area (Å²) >= 11 is 0. The number of hydrogen-bond acceptors (Lipinski definition) is 4. The van der Waals surface area contributed by atoms with Crippen LogP contribution in [0.15, 0.2) is 10.6 Å². The Morgan fingerprint density at radius 1 is 1.47 bits per heavy atom. The van der Waals surface area contributed by atoms with Crippen molar-refractivity contribution in [3.8, 4) is 0 Å². The van der Waals surface area contributed by atoms with Crippen LogP contribution < -0.4 is 5.32 Å². The highest BCUT2D eigenvalue weighted by Gasteiger charge is 2.26. The summed E-state index contributed by atoms with van der Waals surface area (Å²) in [7, 11) is 0. The van der Waals surface area contributed by atoms with Crippen molar-refractivity contribution >= 4 is 0 Å². The number of aromatic nitrogens is 1. The van der Waals surface area contributed by atoms with Gasteiger partial charge in [0.15, 0.2) is 5.76 Å². The number of hydrogen-bond donors (Lipinski definition) is 1. The lowest BCUT2D eigenvalue weighted by Gasteiger charge is -2.18. The fraction of sp³-hybridized carbons (Fsp3) is 0.800. The zero-order valence-corrected chi connectivity index (χ0v) is 12.6. The molecule has 4 nitrogen and oxygen atoms in total. The Morgan fingerprint density at radius 3 is 2.89 bits per heavy atom. The van der Waals surface area contributed by atoms with Crippen molar-refractivity contribution < 1.29 is 4.52 Å².